The van der Waals surface area contributed by atoms with Crippen molar-refractivity contribution in [1.82, 2.24) is 9.97 Å². The van der Waals surface area contributed by atoms with Gasteiger partial charge in [0.1, 0.15) is 5.15 Å². The van der Waals surface area contributed by atoms with Crippen molar-refractivity contribution in [2.45, 2.75) is 7.43 Å². The molecule has 4 heteroatoms. The molecule has 0 fully saturated rings. The number of hydrogen-bond acceptors (Lipinski definition) is 2. The number of benzene rings is 1. The summed E-state index contributed by atoms with van der Waals surface area (Å²) in [6.45, 7) is 0. The predicted octanol–water partition coefficient (Wildman–Crippen LogP) is 3.57. The Morgan fingerprint density at radius 3 is 2.46 bits per heavy atom. The van der Waals surface area contributed by atoms with Crippen LogP contribution in [0.2, 0.25) is 10.4 Å². The van der Waals surface area contributed by atoms with Gasteiger partial charge in [-0.15, -0.1) is 0 Å². The van der Waals surface area contributed by atoms with E-state index in [9.17, 15) is 0 Å². The highest BCUT2D eigenvalue weighted by molar-refractivity contribution is 6.35. The zero-order valence-electron chi connectivity index (χ0n) is 5.96. The smallest absolute Gasteiger partial charge is 0.218 e. The maximum Gasteiger partial charge on any atom is 0.224 e. The van der Waals surface area contributed by atoms with E-state index in [0.29, 0.717) is 5.15 Å². The first kappa shape index (κ1) is 10.2. The van der Waals surface area contributed by atoms with Crippen molar-refractivity contribution >= 4 is 34.1 Å². The van der Waals surface area contributed by atoms with Crippen LogP contribution in [0.1, 0.15) is 7.43 Å². The first-order valence-corrected chi connectivity index (χ1v) is 4.11. The second-order valence-electron chi connectivity index (χ2n) is 2.30. The Hall–Kier alpha value is -0.860. The number of aromatic nitrogens is 2. The first-order valence-electron chi connectivity index (χ1n) is 3.35. The molecule has 0 spiro atoms. The van der Waals surface area contributed by atoms with Crippen molar-refractivity contribution in [3.63, 3.8) is 0 Å². The Bertz CT molecular complexity index is 429. The molecule has 0 saturated carbocycles. The van der Waals surface area contributed by atoms with E-state index in [1.54, 1.807) is 0 Å². The van der Waals surface area contributed by atoms with Crippen molar-refractivity contribution in [2.75, 3.05) is 0 Å². The predicted molar refractivity (Wildman–Crippen MR) is 56.3 cm³/mol. The van der Waals surface area contributed by atoms with Crippen LogP contribution in [-0.2, 0) is 0 Å². The van der Waals surface area contributed by atoms with Crippen molar-refractivity contribution in [3.8, 4) is 0 Å². The number of rotatable bonds is 0. The van der Waals surface area contributed by atoms with E-state index in [2.05, 4.69) is 9.97 Å². The highest BCUT2D eigenvalue weighted by Crippen LogP contribution is 2.20. The molecular weight excluding hydrogens is 207 g/mol. The molecule has 0 unspecified atom stereocenters. The van der Waals surface area contributed by atoms with Crippen LogP contribution >= 0.6 is 23.2 Å². The lowest BCUT2D eigenvalue weighted by atomic mass is 10.2. The summed E-state index contributed by atoms with van der Waals surface area (Å²) in [5, 5.41) is 1.40. The Labute approximate surface area is 86.5 Å². The summed E-state index contributed by atoms with van der Waals surface area (Å²) in [5.74, 6) is 0. The maximum atomic E-state index is 5.83. The van der Waals surface area contributed by atoms with Crippen molar-refractivity contribution in [2.24, 2.45) is 0 Å². The molecule has 2 nitrogen and oxygen atoms in total. The van der Waals surface area contributed by atoms with Crippen LogP contribution in [0.5, 0.6) is 0 Å². The minimum absolute atomic E-state index is 0. The SMILES string of the molecule is C.Clc1nc(Cl)c2ccccc2n1. The summed E-state index contributed by atoms with van der Waals surface area (Å²) in [6, 6.07) is 7.45. The second-order valence-corrected chi connectivity index (χ2v) is 3.00. The largest absolute Gasteiger partial charge is 0.224 e. The van der Waals surface area contributed by atoms with Crippen molar-refractivity contribution in [3.05, 3.63) is 34.7 Å². The maximum absolute atomic E-state index is 5.83. The minimum atomic E-state index is 0. The molecule has 2 aromatic rings. The summed E-state index contributed by atoms with van der Waals surface area (Å²) >= 11 is 11.4. The average molecular weight is 215 g/mol. The quantitative estimate of drug-likeness (QED) is 0.495. The molecule has 0 aliphatic rings. The number of para-hydroxylation sites is 1. The highest BCUT2D eigenvalue weighted by Gasteiger charge is 2.01. The topological polar surface area (TPSA) is 25.8 Å². The van der Waals surface area contributed by atoms with E-state index < -0.39 is 0 Å². The lowest BCUT2D eigenvalue weighted by Gasteiger charge is -1.97. The Balaban J connectivity index is 0.000000845. The monoisotopic (exact) mass is 214 g/mol. The van der Waals surface area contributed by atoms with E-state index in [1.165, 1.54) is 0 Å². The van der Waals surface area contributed by atoms with Gasteiger partial charge in [0.25, 0.3) is 0 Å². The van der Waals surface area contributed by atoms with Gasteiger partial charge in [-0.25, -0.2) is 9.97 Å². The number of hydrogen-bond donors (Lipinski definition) is 0. The molecule has 1 aromatic heterocycles. The molecular formula is C9H8Cl2N2. The molecule has 1 aromatic carbocycles. The zero-order valence-corrected chi connectivity index (χ0v) is 7.47. The lowest BCUT2D eigenvalue weighted by Crippen LogP contribution is -1.85. The molecule has 0 bridgehead atoms. The number of nitrogens with zero attached hydrogens (tertiary/aromatic N) is 2. The Kier molecular flexibility index (Phi) is 3.07. The molecule has 0 aliphatic heterocycles. The van der Waals surface area contributed by atoms with Gasteiger partial charge in [0.2, 0.25) is 5.28 Å². The molecule has 13 heavy (non-hydrogen) atoms. The summed E-state index contributed by atoms with van der Waals surface area (Å²) in [4.78, 5) is 7.83. The molecule has 0 saturated heterocycles. The lowest BCUT2D eigenvalue weighted by molar-refractivity contribution is 1.22. The molecule has 0 radical (unpaired) electrons. The van der Waals surface area contributed by atoms with E-state index in [-0.39, 0.29) is 12.7 Å². The summed E-state index contributed by atoms with van der Waals surface area (Å²) in [7, 11) is 0. The fourth-order valence-corrected chi connectivity index (χ4v) is 1.47. The highest BCUT2D eigenvalue weighted by atomic mass is 35.5. The van der Waals surface area contributed by atoms with Crippen LogP contribution in [0.25, 0.3) is 10.9 Å². The summed E-state index contributed by atoms with van der Waals surface area (Å²) in [5.41, 5.74) is 0.766. The zero-order chi connectivity index (χ0) is 8.55. The summed E-state index contributed by atoms with van der Waals surface area (Å²) < 4.78 is 0. The third kappa shape index (κ3) is 1.90. The molecule has 0 amide bonds. The van der Waals surface area contributed by atoms with Crippen LogP contribution in [0, 0.1) is 0 Å². The summed E-state index contributed by atoms with van der Waals surface area (Å²) in [6.07, 6.45) is 0. The standard InChI is InChI=1S/C8H4Cl2N2.CH4/c9-7-5-3-1-2-4-6(5)11-8(10)12-7;/h1-4H;1H4. The fourth-order valence-electron chi connectivity index (χ4n) is 1.01. The average Bonchev–Trinajstić information content (AvgIpc) is 2.04. The van der Waals surface area contributed by atoms with Crippen LogP contribution in [0.15, 0.2) is 24.3 Å². The molecule has 68 valence electrons. The second kappa shape index (κ2) is 3.90. The molecule has 0 aliphatic carbocycles. The first-order chi connectivity index (χ1) is 5.77. The Morgan fingerprint density at radius 2 is 1.69 bits per heavy atom. The van der Waals surface area contributed by atoms with Gasteiger partial charge in [0, 0.05) is 5.39 Å². The fraction of sp³-hybridized carbons (Fsp3) is 0.111. The molecule has 1 heterocycles. The van der Waals surface area contributed by atoms with Crippen LogP contribution in [0.3, 0.4) is 0 Å². The van der Waals surface area contributed by atoms with Gasteiger partial charge in [0.15, 0.2) is 0 Å². The number of halogens is 2. The third-order valence-electron chi connectivity index (χ3n) is 1.53. The minimum Gasteiger partial charge on any atom is -0.218 e. The van der Waals surface area contributed by atoms with Crippen LogP contribution in [0.4, 0.5) is 0 Å². The normalized spacial score (nSPS) is 9.69. The van der Waals surface area contributed by atoms with Crippen LogP contribution < -0.4 is 0 Å². The molecule has 0 atom stereocenters. The van der Waals surface area contributed by atoms with Crippen molar-refractivity contribution < 1.29 is 0 Å². The van der Waals surface area contributed by atoms with Gasteiger partial charge >= 0.3 is 0 Å². The van der Waals surface area contributed by atoms with Gasteiger partial charge in [-0.3, -0.25) is 0 Å². The number of fused-ring (bicyclic) bond motifs is 1. The molecule has 0 N–H and O–H groups in total. The van der Waals surface area contributed by atoms with E-state index in [4.69, 9.17) is 23.2 Å². The third-order valence-corrected chi connectivity index (χ3v) is 1.99. The van der Waals surface area contributed by atoms with Gasteiger partial charge < -0.3 is 0 Å². The Morgan fingerprint density at radius 1 is 1.00 bits per heavy atom. The van der Waals surface area contributed by atoms with Gasteiger partial charge in [-0.1, -0.05) is 31.2 Å². The van der Waals surface area contributed by atoms with Gasteiger partial charge in [0.05, 0.1) is 5.52 Å². The van der Waals surface area contributed by atoms with Gasteiger partial charge in [-0.05, 0) is 23.7 Å². The molecule has 2 rings (SSSR count). The van der Waals surface area contributed by atoms with E-state index in [0.717, 1.165) is 10.9 Å². The van der Waals surface area contributed by atoms with Crippen molar-refractivity contribution in [1.29, 1.82) is 0 Å². The van der Waals surface area contributed by atoms with Crippen LogP contribution in [-0.4, -0.2) is 9.97 Å². The van der Waals surface area contributed by atoms with E-state index >= 15 is 0 Å². The van der Waals surface area contributed by atoms with E-state index in [1.807, 2.05) is 24.3 Å². The van der Waals surface area contributed by atoms with Gasteiger partial charge in [-0.2, -0.15) is 0 Å².